The predicted octanol–water partition coefficient (Wildman–Crippen LogP) is 4.58. The number of nitrogens with one attached hydrogen (secondary N) is 1. The number of carboxylic acid groups (broad SMARTS) is 1. The van der Waals surface area contributed by atoms with Gasteiger partial charge in [0.1, 0.15) is 0 Å². The zero-order valence-corrected chi connectivity index (χ0v) is 13.7. The number of carbonyl (C=O) groups is 2. The molecule has 0 bridgehead atoms. The van der Waals surface area contributed by atoms with E-state index in [9.17, 15) is 14.7 Å². The van der Waals surface area contributed by atoms with Crippen molar-refractivity contribution in [2.45, 2.75) is 6.92 Å². The number of rotatable bonds is 4. The zero-order valence-electron chi connectivity index (χ0n) is 12.1. The standard InChI is InChI=1S/C17H13Cl2NO3/c1-10(21)20-13-5-2-11(3-6-13)8-15(17(22)23)14-7-4-12(18)9-16(14)19/h2-9H,1H3,(H,20,21)(H,22,23)/b15-8-. The molecular formula is C17H13Cl2NO3. The molecule has 0 atom stereocenters. The molecule has 0 heterocycles. The van der Waals surface area contributed by atoms with Gasteiger partial charge in [-0.15, -0.1) is 0 Å². The van der Waals surface area contributed by atoms with E-state index in [0.717, 1.165) is 0 Å². The number of carboxylic acids is 1. The van der Waals surface area contributed by atoms with E-state index < -0.39 is 5.97 Å². The molecular weight excluding hydrogens is 337 g/mol. The number of anilines is 1. The van der Waals surface area contributed by atoms with Gasteiger partial charge in [0.15, 0.2) is 0 Å². The van der Waals surface area contributed by atoms with Crippen molar-refractivity contribution >= 4 is 52.4 Å². The maximum Gasteiger partial charge on any atom is 0.336 e. The molecule has 0 unspecified atom stereocenters. The van der Waals surface area contributed by atoms with E-state index in [2.05, 4.69) is 5.32 Å². The summed E-state index contributed by atoms with van der Waals surface area (Å²) in [6.07, 6.45) is 1.51. The summed E-state index contributed by atoms with van der Waals surface area (Å²) >= 11 is 11.9. The number of carbonyl (C=O) groups excluding carboxylic acids is 1. The second kappa shape index (κ2) is 7.31. The highest BCUT2D eigenvalue weighted by atomic mass is 35.5. The van der Waals surface area contributed by atoms with Crippen LogP contribution in [0, 0.1) is 0 Å². The van der Waals surface area contributed by atoms with Crippen LogP contribution in [-0.2, 0) is 9.59 Å². The molecule has 0 aliphatic heterocycles. The average Bonchev–Trinajstić information content (AvgIpc) is 2.46. The Balaban J connectivity index is 2.39. The Morgan fingerprint density at radius 2 is 1.74 bits per heavy atom. The van der Waals surface area contributed by atoms with Crippen LogP contribution >= 0.6 is 23.2 Å². The van der Waals surface area contributed by atoms with Crippen molar-refractivity contribution in [3.05, 3.63) is 63.6 Å². The molecule has 0 spiro atoms. The topological polar surface area (TPSA) is 66.4 Å². The minimum absolute atomic E-state index is 0.0546. The van der Waals surface area contributed by atoms with Crippen LogP contribution in [0.25, 0.3) is 11.6 Å². The average molecular weight is 350 g/mol. The summed E-state index contributed by atoms with van der Waals surface area (Å²) in [6, 6.07) is 11.4. The molecule has 23 heavy (non-hydrogen) atoms. The van der Waals surface area contributed by atoms with Crippen LogP contribution in [0.5, 0.6) is 0 Å². The first-order valence-corrected chi connectivity index (χ1v) is 7.40. The Kier molecular flexibility index (Phi) is 5.42. The molecule has 0 radical (unpaired) electrons. The smallest absolute Gasteiger partial charge is 0.336 e. The third-order valence-corrected chi connectivity index (χ3v) is 3.54. The van der Waals surface area contributed by atoms with E-state index in [1.807, 2.05) is 0 Å². The van der Waals surface area contributed by atoms with Crippen molar-refractivity contribution in [1.82, 2.24) is 0 Å². The largest absolute Gasteiger partial charge is 0.478 e. The fourth-order valence-electron chi connectivity index (χ4n) is 2.00. The maximum atomic E-state index is 11.5. The molecule has 4 nitrogen and oxygen atoms in total. The molecule has 0 aliphatic carbocycles. The van der Waals surface area contributed by atoms with Gasteiger partial charge >= 0.3 is 5.97 Å². The molecule has 6 heteroatoms. The first-order valence-electron chi connectivity index (χ1n) is 6.65. The molecule has 0 saturated carbocycles. The van der Waals surface area contributed by atoms with Crippen molar-refractivity contribution in [2.24, 2.45) is 0 Å². The molecule has 118 valence electrons. The Morgan fingerprint density at radius 3 is 2.26 bits per heavy atom. The van der Waals surface area contributed by atoms with E-state index in [4.69, 9.17) is 23.2 Å². The van der Waals surface area contributed by atoms with Gasteiger partial charge in [-0.1, -0.05) is 41.4 Å². The highest BCUT2D eigenvalue weighted by molar-refractivity contribution is 6.37. The first kappa shape index (κ1) is 17.1. The Morgan fingerprint density at radius 1 is 1.09 bits per heavy atom. The molecule has 2 aromatic rings. The van der Waals surface area contributed by atoms with E-state index in [1.54, 1.807) is 36.4 Å². The lowest BCUT2D eigenvalue weighted by Gasteiger charge is -2.07. The van der Waals surface area contributed by atoms with Crippen LogP contribution in [0.3, 0.4) is 0 Å². The molecule has 1 amide bonds. The second-order valence-electron chi connectivity index (χ2n) is 4.79. The van der Waals surface area contributed by atoms with Gasteiger partial charge in [0.25, 0.3) is 0 Å². The van der Waals surface area contributed by atoms with Crippen molar-refractivity contribution in [2.75, 3.05) is 5.32 Å². The van der Waals surface area contributed by atoms with Crippen molar-refractivity contribution < 1.29 is 14.7 Å². The second-order valence-corrected chi connectivity index (χ2v) is 5.63. The van der Waals surface area contributed by atoms with Gasteiger partial charge in [0, 0.05) is 23.2 Å². The summed E-state index contributed by atoms with van der Waals surface area (Å²) in [5.41, 5.74) is 1.74. The van der Waals surface area contributed by atoms with Crippen LogP contribution in [0.1, 0.15) is 18.1 Å². The van der Waals surface area contributed by atoms with Gasteiger partial charge in [-0.25, -0.2) is 4.79 Å². The van der Waals surface area contributed by atoms with Crippen LogP contribution in [-0.4, -0.2) is 17.0 Å². The number of hydrogen-bond donors (Lipinski definition) is 2. The maximum absolute atomic E-state index is 11.5. The van der Waals surface area contributed by atoms with Crippen molar-refractivity contribution in [1.29, 1.82) is 0 Å². The number of benzene rings is 2. The predicted molar refractivity (Wildman–Crippen MR) is 92.7 cm³/mol. The molecule has 2 aromatic carbocycles. The fourth-order valence-corrected chi connectivity index (χ4v) is 2.51. The van der Waals surface area contributed by atoms with Crippen LogP contribution in [0.4, 0.5) is 5.69 Å². The van der Waals surface area contributed by atoms with Crippen molar-refractivity contribution in [3.63, 3.8) is 0 Å². The summed E-state index contributed by atoms with van der Waals surface area (Å²) in [5.74, 6) is -1.27. The fraction of sp³-hybridized carbons (Fsp3) is 0.0588. The molecule has 0 saturated heterocycles. The van der Waals surface area contributed by atoms with Crippen LogP contribution < -0.4 is 5.32 Å². The van der Waals surface area contributed by atoms with E-state index in [-0.39, 0.29) is 16.5 Å². The SMILES string of the molecule is CC(=O)Nc1ccc(/C=C(\C(=O)O)c2ccc(Cl)cc2Cl)cc1. The first-order chi connectivity index (χ1) is 10.9. The number of amides is 1. The number of hydrogen-bond acceptors (Lipinski definition) is 2. The molecule has 0 fully saturated rings. The third kappa shape index (κ3) is 4.58. The molecule has 0 aliphatic rings. The third-order valence-electron chi connectivity index (χ3n) is 2.99. The van der Waals surface area contributed by atoms with Gasteiger partial charge in [-0.05, 0) is 35.9 Å². The summed E-state index contributed by atoms with van der Waals surface area (Å²) in [7, 11) is 0. The Bertz CT molecular complexity index is 783. The van der Waals surface area contributed by atoms with E-state index >= 15 is 0 Å². The van der Waals surface area contributed by atoms with Gasteiger partial charge < -0.3 is 10.4 Å². The summed E-state index contributed by atoms with van der Waals surface area (Å²) in [6.45, 7) is 1.42. The van der Waals surface area contributed by atoms with Crippen LogP contribution in [0.2, 0.25) is 10.0 Å². The zero-order chi connectivity index (χ0) is 17.0. The van der Waals surface area contributed by atoms with Gasteiger partial charge in [-0.2, -0.15) is 0 Å². The quantitative estimate of drug-likeness (QED) is 0.627. The normalized spacial score (nSPS) is 11.2. The monoisotopic (exact) mass is 349 g/mol. The molecule has 2 N–H and O–H groups in total. The molecule has 0 aromatic heterocycles. The highest BCUT2D eigenvalue weighted by Gasteiger charge is 2.14. The van der Waals surface area contributed by atoms with E-state index in [0.29, 0.717) is 21.8 Å². The Labute approximate surface area is 143 Å². The van der Waals surface area contributed by atoms with Gasteiger partial charge in [-0.3, -0.25) is 4.79 Å². The van der Waals surface area contributed by atoms with E-state index in [1.165, 1.54) is 19.1 Å². The van der Waals surface area contributed by atoms with Crippen molar-refractivity contribution in [3.8, 4) is 0 Å². The number of aliphatic carboxylic acids is 1. The highest BCUT2D eigenvalue weighted by Crippen LogP contribution is 2.29. The van der Waals surface area contributed by atoms with Crippen LogP contribution in [0.15, 0.2) is 42.5 Å². The van der Waals surface area contributed by atoms with Gasteiger partial charge in [0.05, 0.1) is 10.6 Å². The lowest BCUT2D eigenvalue weighted by Crippen LogP contribution is -2.05. The minimum Gasteiger partial charge on any atom is -0.478 e. The lowest BCUT2D eigenvalue weighted by molar-refractivity contribution is -0.130. The number of halogens is 2. The lowest BCUT2D eigenvalue weighted by atomic mass is 10.0. The minimum atomic E-state index is -1.10. The Hall–Kier alpha value is -2.30. The summed E-state index contributed by atoms with van der Waals surface area (Å²) in [4.78, 5) is 22.5. The van der Waals surface area contributed by atoms with Gasteiger partial charge in [0.2, 0.25) is 5.91 Å². The summed E-state index contributed by atoms with van der Waals surface area (Å²) < 4.78 is 0. The molecule has 2 rings (SSSR count). The summed E-state index contributed by atoms with van der Waals surface area (Å²) in [5, 5.41) is 12.8.